The van der Waals surface area contributed by atoms with Crippen molar-refractivity contribution in [2.75, 3.05) is 0 Å². The van der Waals surface area contributed by atoms with Gasteiger partial charge in [0.25, 0.3) is 0 Å². The lowest BCUT2D eigenvalue weighted by molar-refractivity contribution is 1.08. The molecule has 4 rings (SSSR count). The van der Waals surface area contributed by atoms with Crippen molar-refractivity contribution < 1.29 is 0 Å². The quantitative estimate of drug-likeness (QED) is 0.470. The molecule has 0 aliphatic rings. The molecule has 0 amide bonds. The molecule has 0 unspecified atom stereocenters. The third-order valence-corrected chi connectivity index (χ3v) is 3.61. The first-order chi connectivity index (χ1) is 9.93. The summed E-state index contributed by atoms with van der Waals surface area (Å²) in [7, 11) is 0. The molecule has 0 radical (unpaired) electrons. The van der Waals surface area contributed by atoms with Gasteiger partial charge in [0.1, 0.15) is 5.52 Å². The van der Waals surface area contributed by atoms with Crippen LogP contribution >= 0.6 is 0 Å². The Balaban J connectivity index is 2.19. The predicted molar refractivity (Wildman–Crippen MR) is 82.5 cm³/mol. The highest BCUT2D eigenvalue weighted by atomic mass is 15.1. The minimum absolute atomic E-state index is 0.962. The minimum atomic E-state index is 0.962. The molecule has 2 heteroatoms. The SMILES string of the molecule is c1ccc(-c2cccc3ccc4ccnnc4c23)cc1. The Labute approximate surface area is 116 Å². The van der Waals surface area contributed by atoms with Crippen LogP contribution in [-0.2, 0) is 0 Å². The molecule has 3 aromatic carbocycles. The van der Waals surface area contributed by atoms with Crippen molar-refractivity contribution in [1.82, 2.24) is 10.2 Å². The number of nitrogens with zero attached hydrogens (tertiary/aromatic N) is 2. The fourth-order valence-electron chi connectivity index (χ4n) is 2.68. The summed E-state index contributed by atoms with van der Waals surface area (Å²) in [5.74, 6) is 0. The van der Waals surface area contributed by atoms with Crippen molar-refractivity contribution in [2.24, 2.45) is 0 Å². The monoisotopic (exact) mass is 256 g/mol. The maximum Gasteiger partial charge on any atom is 0.101 e. The van der Waals surface area contributed by atoms with Gasteiger partial charge in [0.2, 0.25) is 0 Å². The fourth-order valence-corrected chi connectivity index (χ4v) is 2.68. The normalized spacial score (nSPS) is 11.0. The molecule has 0 aliphatic heterocycles. The van der Waals surface area contributed by atoms with E-state index in [1.54, 1.807) is 6.20 Å². The molecule has 0 saturated heterocycles. The van der Waals surface area contributed by atoms with Crippen molar-refractivity contribution in [3.05, 3.63) is 72.9 Å². The number of benzene rings is 3. The Kier molecular flexibility index (Phi) is 2.46. The Morgan fingerprint density at radius 2 is 1.50 bits per heavy atom. The molecule has 0 spiro atoms. The van der Waals surface area contributed by atoms with Crippen LogP contribution in [0.5, 0.6) is 0 Å². The molecule has 0 saturated carbocycles. The van der Waals surface area contributed by atoms with Gasteiger partial charge in [0, 0.05) is 10.8 Å². The van der Waals surface area contributed by atoms with E-state index < -0.39 is 0 Å². The number of fused-ring (bicyclic) bond motifs is 3. The Morgan fingerprint density at radius 3 is 2.40 bits per heavy atom. The number of hydrogen-bond donors (Lipinski definition) is 0. The van der Waals surface area contributed by atoms with E-state index >= 15 is 0 Å². The molecule has 0 bridgehead atoms. The van der Waals surface area contributed by atoms with Gasteiger partial charge in [-0.3, -0.25) is 0 Å². The summed E-state index contributed by atoms with van der Waals surface area (Å²) in [6.45, 7) is 0. The summed E-state index contributed by atoms with van der Waals surface area (Å²) in [6, 6.07) is 23.0. The molecule has 20 heavy (non-hydrogen) atoms. The van der Waals surface area contributed by atoms with Crippen molar-refractivity contribution >= 4 is 21.7 Å². The number of hydrogen-bond acceptors (Lipinski definition) is 2. The summed E-state index contributed by atoms with van der Waals surface area (Å²) in [5.41, 5.74) is 3.37. The third-order valence-electron chi connectivity index (χ3n) is 3.61. The van der Waals surface area contributed by atoms with Crippen LogP contribution in [0, 0.1) is 0 Å². The van der Waals surface area contributed by atoms with Crippen molar-refractivity contribution in [3.8, 4) is 11.1 Å². The smallest absolute Gasteiger partial charge is 0.101 e. The standard InChI is InChI=1S/C18H12N2/c1-2-5-13(6-3-1)16-8-4-7-14-9-10-15-11-12-19-20-18(15)17(14)16/h1-12H. The minimum Gasteiger partial charge on any atom is -0.158 e. The molecular weight excluding hydrogens is 244 g/mol. The Hall–Kier alpha value is -2.74. The van der Waals surface area contributed by atoms with Crippen LogP contribution in [-0.4, -0.2) is 10.2 Å². The summed E-state index contributed by atoms with van der Waals surface area (Å²) in [5, 5.41) is 11.9. The van der Waals surface area contributed by atoms with Crippen LogP contribution in [0.4, 0.5) is 0 Å². The van der Waals surface area contributed by atoms with E-state index in [1.807, 2.05) is 12.1 Å². The molecular formula is C18H12N2. The number of aromatic nitrogens is 2. The van der Waals surface area contributed by atoms with Gasteiger partial charge in [0.05, 0.1) is 6.20 Å². The topological polar surface area (TPSA) is 25.8 Å². The van der Waals surface area contributed by atoms with Crippen LogP contribution in [0.3, 0.4) is 0 Å². The highest BCUT2D eigenvalue weighted by Gasteiger charge is 2.08. The Morgan fingerprint density at radius 1 is 0.650 bits per heavy atom. The van der Waals surface area contributed by atoms with E-state index in [-0.39, 0.29) is 0 Å². The first-order valence-corrected chi connectivity index (χ1v) is 6.62. The van der Waals surface area contributed by atoms with Crippen LogP contribution in [0.1, 0.15) is 0 Å². The van der Waals surface area contributed by atoms with E-state index in [2.05, 4.69) is 64.8 Å². The lowest BCUT2D eigenvalue weighted by atomic mass is 9.96. The fraction of sp³-hybridized carbons (Fsp3) is 0. The van der Waals surface area contributed by atoms with Crippen molar-refractivity contribution in [2.45, 2.75) is 0 Å². The first-order valence-electron chi connectivity index (χ1n) is 6.62. The zero-order valence-corrected chi connectivity index (χ0v) is 10.8. The second-order valence-corrected chi connectivity index (χ2v) is 4.80. The zero-order valence-electron chi connectivity index (χ0n) is 10.8. The van der Waals surface area contributed by atoms with Gasteiger partial charge in [0.15, 0.2) is 0 Å². The van der Waals surface area contributed by atoms with E-state index in [0.717, 1.165) is 10.9 Å². The Bertz CT molecular complexity index is 899. The second kappa shape index (κ2) is 4.42. The molecule has 0 N–H and O–H groups in total. The summed E-state index contributed by atoms with van der Waals surface area (Å²) < 4.78 is 0. The van der Waals surface area contributed by atoms with Gasteiger partial charge < -0.3 is 0 Å². The summed E-state index contributed by atoms with van der Waals surface area (Å²) in [4.78, 5) is 0. The predicted octanol–water partition coefficient (Wildman–Crippen LogP) is 4.45. The molecule has 2 nitrogen and oxygen atoms in total. The van der Waals surface area contributed by atoms with Crippen LogP contribution < -0.4 is 0 Å². The number of rotatable bonds is 1. The van der Waals surface area contributed by atoms with E-state index in [9.17, 15) is 0 Å². The van der Waals surface area contributed by atoms with Crippen molar-refractivity contribution in [3.63, 3.8) is 0 Å². The average molecular weight is 256 g/mol. The molecule has 0 aliphatic carbocycles. The van der Waals surface area contributed by atoms with Gasteiger partial charge in [-0.2, -0.15) is 5.10 Å². The maximum atomic E-state index is 4.35. The van der Waals surface area contributed by atoms with E-state index in [4.69, 9.17) is 0 Å². The summed E-state index contributed by atoms with van der Waals surface area (Å²) >= 11 is 0. The largest absolute Gasteiger partial charge is 0.158 e. The second-order valence-electron chi connectivity index (χ2n) is 4.80. The zero-order chi connectivity index (χ0) is 13.4. The highest BCUT2D eigenvalue weighted by Crippen LogP contribution is 2.32. The van der Waals surface area contributed by atoms with Crippen LogP contribution in [0.2, 0.25) is 0 Å². The van der Waals surface area contributed by atoms with E-state index in [0.29, 0.717) is 0 Å². The lowest BCUT2D eigenvalue weighted by Gasteiger charge is -2.09. The molecule has 4 aromatic rings. The lowest BCUT2D eigenvalue weighted by Crippen LogP contribution is -1.87. The van der Waals surface area contributed by atoms with Crippen molar-refractivity contribution in [1.29, 1.82) is 0 Å². The third kappa shape index (κ3) is 1.66. The first kappa shape index (κ1) is 11.1. The van der Waals surface area contributed by atoms with Crippen LogP contribution in [0.25, 0.3) is 32.8 Å². The highest BCUT2D eigenvalue weighted by molar-refractivity contribution is 6.12. The van der Waals surface area contributed by atoms with Crippen LogP contribution in [0.15, 0.2) is 72.9 Å². The molecule has 0 fully saturated rings. The molecule has 1 heterocycles. The average Bonchev–Trinajstić information content (AvgIpc) is 2.55. The summed E-state index contributed by atoms with van der Waals surface area (Å²) in [6.07, 6.45) is 1.74. The van der Waals surface area contributed by atoms with Gasteiger partial charge in [-0.15, -0.1) is 5.10 Å². The van der Waals surface area contributed by atoms with E-state index in [1.165, 1.54) is 21.9 Å². The van der Waals surface area contributed by atoms with Gasteiger partial charge in [-0.05, 0) is 22.6 Å². The van der Waals surface area contributed by atoms with Gasteiger partial charge in [-0.25, -0.2) is 0 Å². The van der Waals surface area contributed by atoms with Gasteiger partial charge >= 0.3 is 0 Å². The molecule has 1 aromatic heterocycles. The van der Waals surface area contributed by atoms with Gasteiger partial charge in [-0.1, -0.05) is 60.7 Å². The molecule has 94 valence electrons. The molecule has 0 atom stereocenters. The maximum absolute atomic E-state index is 4.35.